The van der Waals surface area contributed by atoms with Gasteiger partial charge in [-0.15, -0.1) is 0 Å². The van der Waals surface area contributed by atoms with Gasteiger partial charge in [-0.25, -0.2) is 4.98 Å². The standard InChI is InChI=1S/C9H14IN3O3Si/c1-2-3-8(10)16-17(14)15-6-7-4-13-9(11)5-12-7/h4-5,8H,2-3,6H2,1H3,(H2,11,13). The highest BCUT2D eigenvalue weighted by atomic mass is 127. The molecule has 1 aromatic rings. The molecule has 0 aliphatic heterocycles. The Morgan fingerprint density at radius 1 is 1.53 bits per heavy atom. The molecular formula is C9H14IN3O3Si. The van der Waals surface area contributed by atoms with Crippen molar-refractivity contribution >= 4 is 37.6 Å². The molecule has 1 atom stereocenters. The Hall–Kier alpha value is -0.773. The van der Waals surface area contributed by atoms with Crippen molar-refractivity contribution in [1.29, 1.82) is 0 Å². The number of nitrogen functional groups attached to an aromatic ring is 1. The van der Waals surface area contributed by atoms with E-state index >= 15 is 0 Å². The normalized spacial score (nSPS) is 11.9. The Morgan fingerprint density at radius 3 is 2.88 bits per heavy atom. The van der Waals surface area contributed by atoms with Gasteiger partial charge in [0.25, 0.3) is 0 Å². The maximum atomic E-state index is 11.4. The quantitative estimate of drug-likeness (QED) is 0.447. The molecular weight excluding hydrogens is 353 g/mol. The Labute approximate surface area is 115 Å². The van der Waals surface area contributed by atoms with E-state index in [2.05, 4.69) is 32.6 Å². The summed E-state index contributed by atoms with van der Waals surface area (Å²) < 4.78 is 21.6. The third kappa shape index (κ3) is 5.91. The van der Waals surface area contributed by atoms with Crippen LogP contribution in [0.1, 0.15) is 25.5 Å². The number of halogens is 1. The molecule has 6 nitrogen and oxygen atoms in total. The van der Waals surface area contributed by atoms with Gasteiger partial charge < -0.3 is 14.6 Å². The van der Waals surface area contributed by atoms with Crippen LogP contribution in [0.3, 0.4) is 0 Å². The van der Waals surface area contributed by atoms with Crippen LogP contribution in [0, 0.1) is 0 Å². The zero-order valence-electron chi connectivity index (χ0n) is 9.43. The molecule has 0 bridgehead atoms. The summed E-state index contributed by atoms with van der Waals surface area (Å²) in [4.78, 5) is 7.82. The molecule has 94 valence electrons. The molecule has 0 aliphatic rings. The number of hydrogen-bond acceptors (Lipinski definition) is 6. The molecule has 8 heteroatoms. The van der Waals surface area contributed by atoms with Crippen LogP contribution in [0.4, 0.5) is 5.82 Å². The fourth-order valence-electron chi connectivity index (χ4n) is 0.996. The molecule has 1 heterocycles. The van der Waals surface area contributed by atoms with E-state index in [1.807, 2.05) is 6.92 Å². The van der Waals surface area contributed by atoms with Gasteiger partial charge in [-0.05, 0) is 29.0 Å². The van der Waals surface area contributed by atoms with Gasteiger partial charge in [0.2, 0.25) is 0 Å². The fourth-order valence-corrected chi connectivity index (χ4v) is 2.90. The summed E-state index contributed by atoms with van der Waals surface area (Å²) in [5.41, 5.74) is 5.96. The molecule has 1 unspecified atom stereocenters. The molecule has 0 spiro atoms. The van der Waals surface area contributed by atoms with Crippen LogP contribution in [0.25, 0.3) is 0 Å². The largest absolute Gasteiger partial charge is 0.768 e. The van der Waals surface area contributed by atoms with Crippen molar-refractivity contribution in [1.82, 2.24) is 9.97 Å². The molecule has 0 amide bonds. The van der Waals surface area contributed by atoms with E-state index in [9.17, 15) is 4.46 Å². The SMILES string of the molecule is CCCC(I)O[Si](=O)OCc1cnc(N)cn1. The molecule has 0 aromatic carbocycles. The highest BCUT2D eigenvalue weighted by molar-refractivity contribution is 14.1. The molecule has 1 aromatic heterocycles. The molecule has 0 fully saturated rings. The molecule has 1 rings (SSSR count). The summed E-state index contributed by atoms with van der Waals surface area (Å²) in [5.74, 6) is 0.341. The fraction of sp³-hybridized carbons (Fsp3) is 0.556. The Kier molecular flexibility index (Phi) is 6.33. The molecule has 0 saturated heterocycles. The van der Waals surface area contributed by atoms with Crippen LogP contribution in [-0.4, -0.2) is 23.2 Å². The number of aromatic nitrogens is 2. The van der Waals surface area contributed by atoms with Crippen molar-refractivity contribution in [2.45, 2.75) is 30.5 Å². The summed E-state index contributed by atoms with van der Waals surface area (Å²) in [6.45, 7) is 2.15. The van der Waals surface area contributed by atoms with Crippen molar-refractivity contribution in [2.24, 2.45) is 0 Å². The van der Waals surface area contributed by atoms with Crippen LogP contribution in [-0.2, 0) is 19.9 Å². The maximum Gasteiger partial charge on any atom is 0.768 e. The van der Waals surface area contributed by atoms with E-state index in [1.165, 1.54) is 12.4 Å². The molecule has 17 heavy (non-hydrogen) atoms. The van der Waals surface area contributed by atoms with E-state index in [0.29, 0.717) is 11.5 Å². The predicted octanol–water partition coefficient (Wildman–Crippen LogP) is 1.57. The number of nitrogens with two attached hydrogens (primary N) is 1. The predicted molar refractivity (Wildman–Crippen MR) is 71.5 cm³/mol. The van der Waals surface area contributed by atoms with E-state index in [1.54, 1.807) is 0 Å². The summed E-state index contributed by atoms with van der Waals surface area (Å²) in [6, 6.07) is 0. The second-order valence-electron chi connectivity index (χ2n) is 3.29. The third-order valence-corrected chi connectivity index (χ3v) is 4.02. The summed E-state index contributed by atoms with van der Waals surface area (Å²) in [5, 5.41) is 0. The van der Waals surface area contributed by atoms with Crippen molar-refractivity contribution in [2.75, 3.05) is 5.73 Å². The summed E-state index contributed by atoms with van der Waals surface area (Å²) >= 11 is 2.09. The minimum atomic E-state index is -2.47. The number of hydrogen-bond donors (Lipinski definition) is 1. The van der Waals surface area contributed by atoms with Crippen molar-refractivity contribution < 1.29 is 13.3 Å². The second kappa shape index (κ2) is 7.53. The Bertz CT molecular complexity index is 363. The van der Waals surface area contributed by atoms with Crippen molar-refractivity contribution in [3.05, 3.63) is 18.1 Å². The Balaban J connectivity index is 2.30. The maximum absolute atomic E-state index is 11.4. The van der Waals surface area contributed by atoms with Gasteiger partial charge in [-0.1, -0.05) is 13.3 Å². The lowest BCUT2D eigenvalue weighted by molar-refractivity contribution is 0.151. The topological polar surface area (TPSA) is 87.3 Å². The first-order chi connectivity index (χ1) is 8.11. The van der Waals surface area contributed by atoms with Crippen LogP contribution in [0.2, 0.25) is 0 Å². The van der Waals surface area contributed by atoms with Crippen LogP contribution < -0.4 is 5.73 Å². The highest BCUT2D eigenvalue weighted by Gasteiger charge is 2.16. The third-order valence-electron chi connectivity index (χ3n) is 1.80. The second-order valence-corrected chi connectivity index (χ2v) is 5.70. The lowest BCUT2D eigenvalue weighted by atomic mass is 10.4. The molecule has 0 saturated carbocycles. The average molecular weight is 367 g/mol. The van der Waals surface area contributed by atoms with E-state index < -0.39 is 9.17 Å². The zero-order valence-corrected chi connectivity index (χ0v) is 12.6. The van der Waals surface area contributed by atoms with Crippen LogP contribution >= 0.6 is 22.6 Å². The summed E-state index contributed by atoms with van der Waals surface area (Å²) in [6.07, 6.45) is 4.74. The first-order valence-corrected chi connectivity index (χ1v) is 7.62. The molecule has 0 aliphatic carbocycles. The first kappa shape index (κ1) is 14.3. The average Bonchev–Trinajstić information content (AvgIpc) is 2.28. The van der Waals surface area contributed by atoms with Gasteiger partial charge in [0, 0.05) is 0 Å². The van der Waals surface area contributed by atoms with Gasteiger partial charge in [-0.3, -0.25) is 9.45 Å². The number of anilines is 1. The van der Waals surface area contributed by atoms with Crippen LogP contribution in [0.15, 0.2) is 12.4 Å². The smallest absolute Gasteiger partial charge is 0.490 e. The molecule has 2 N–H and O–H groups in total. The van der Waals surface area contributed by atoms with Gasteiger partial charge in [0.05, 0.1) is 18.1 Å². The zero-order chi connectivity index (χ0) is 12.7. The highest BCUT2D eigenvalue weighted by Crippen LogP contribution is 2.10. The first-order valence-electron chi connectivity index (χ1n) is 5.15. The van der Waals surface area contributed by atoms with Crippen LogP contribution in [0.5, 0.6) is 0 Å². The lowest BCUT2D eigenvalue weighted by Gasteiger charge is -2.10. The van der Waals surface area contributed by atoms with Crippen molar-refractivity contribution in [3.63, 3.8) is 0 Å². The van der Waals surface area contributed by atoms with E-state index in [0.717, 1.165) is 12.8 Å². The monoisotopic (exact) mass is 367 g/mol. The lowest BCUT2D eigenvalue weighted by Crippen LogP contribution is -2.17. The van der Waals surface area contributed by atoms with E-state index in [-0.39, 0.29) is 10.7 Å². The van der Waals surface area contributed by atoms with Gasteiger partial charge in [0.15, 0.2) is 0 Å². The number of rotatable bonds is 7. The minimum Gasteiger partial charge on any atom is -0.490 e. The van der Waals surface area contributed by atoms with Gasteiger partial charge in [0.1, 0.15) is 16.5 Å². The van der Waals surface area contributed by atoms with E-state index in [4.69, 9.17) is 14.6 Å². The Morgan fingerprint density at radius 2 is 2.29 bits per heavy atom. The minimum absolute atomic E-state index is 0.0820. The number of nitrogens with zero attached hydrogens (tertiary/aromatic N) is 2. The van der Waals surface area contributed by atoms with Gasteiger partial charge >= 0.3 is 9.17 Å². The number of alkyl halides is 1. The molecule has 0 radical (unpaired) electrons. The van der Waals surface area contributed by atoms with Gasteiger partial charge in [-0.2, -0.15) is 0 Å². The summed E-state index contributed by atoms with van der Waals surface area (Å²) in [7, 11) is -2.47. The van der Waals surface area contributed by atoms with Crippen molar-refractivity contribution in [3.8, 4) is 0 Å².